The van der Waals surface area contributed by atoms with Crippen LogP contribution in [-0.2, 0) is 16.3 Å². The molecule has 1 aromatic carbocycles. The predicted octanol–water partition coefficient (Wildman–Crippen LogP) is 0.749. The molecule has 0 radical (unpaired) electrons. The summed E-state index contributed by atoms with van der Waals surface area (Å²) in [6.45, 7) is 0.154. The summed E-state index contributed by atoms with van der Waals surface area (Å²) in [4.78, 5) is 13.9. The van der Waals surface area contributed by atoms with Gasteiger partial charge in [-0.05, 0) is 17.7 Å². The number of carbonyl (C=O) groups is 1. The van der Waals surface area contributed by atoms with Crippen molar-refractivity contribution in [2.75, 3.05) is 5.43 Å². The highest BCUT2D eigenvalue weighted by atomic mass is 17.1. The molecule has 0 aliphatic heterocycles. The van der Waals surface area contributed by atoms with E-state index in [9.17, 15) is 4.79 Å². The largest absolute Gasteiger partial charge is 0.299 e. The second-order valence-electron chi connectivity index (χ2n) is 2.36. The highest BCUT2D eigenvalue weighted by Gasteiger charge is 1.92. The Hall–Kier alpha value is -1.59. The standard InChI is InChI=1S/C8H10N2O3/c11-6-9-10-8-3-1-7(2-4-8)5-13-12/h1-4,6,10,12H,5H2,(H,9,11). The normalized spacial score (nSPS) is 9.31. The fraction of sp³-hybridized carbons (Fsp3) is 0.125. The molecule has 0 aliphatic carbocycles. The number of hydrogen-bond donors (Lipinski definition) is 3. The molecule has 3 N–H and O–H groups in total. The lowest BCUT2D eigenvalue weighted by Crippen LogP contribution is -2.18. The van der Waals surface area contributed by atoms with E-state index in [1.54, 1.807) is 24.3 Å². The van der Waals surface area contributed by atoms with Crippen molar-refractivity contribution in [1.29, 1.82) is 0 Å². The molecule has 0 aromatic heterocycles. The van der Waals surface area contributed by atoms with Gasteiger partial charge in [0, 0.05) is 0 Å². The Bertz CT molecular complexity index is 261. The lowest BCUT2D eigenvalue weighted by Gasteiger charge is -2.04. The number of hydrazine groups is 1. The minimum atomic E-state index is 0.154. The van der Waals surface area contributed by atoms with Gasteiger partial charge < -0.3 is 0 Å². The van der Waals surface area contributed by atoms with Gasteiger partial charge in [0.15, 0.2) is 0 Å². The molecule has 0 atom stereocenters. The zero-order valence-electron chi connectivity index (χ0n) is 6.86. The summed E-state index contributed by atoms with van der Waals surface area (Å²) in [5.41, 5.74) is 6.55. The zero-order valence-corrected chi connectivity index (χ0v) is 6.86. The molecule has 5 heteroatoms. The summed E-state index contributed by atoms with van der Waals surface area (Å²) in [5, 5.41) is 8.16. The van der Waals surface area contributed by atoms with Crippen LogP contribution in [0.4, 0.5) is 5.69 Å². The van der Waals surface area contributed by atoms with Crippen LogP contribution >= 0.6 is 0 Å². The SMILES string of the molecule is O=CNNc1ccc(COO)cc1. The summed E-state index contributed by atoms with van der Waals surface area (Å²) in [6, 6.07) is 7.05. The maximum Gasteiger partial charge on any atom is 0.225 e. The first-order chi connectivity index (χ1) is 6.36. The molecule has 0 aliphatic rings. The minimum absolute atomic E-state index is 0.154. The predicted molar refractivity (Wildman–Crippen MR) is 46.7 cm³/mol. The summed E-state index contributed by atoms with van der Waals surface area (Å²) in [6.07, 6.45) is 0.546. The molecule has 5 nitrogen and oxygen atoms in total. The average Bonchev–Trinajstić information content (AvgIpc) is 2.17. The van der Waals surface area contributed by atoms with Crippen LogP contribution in [-0.4, -0.2) is 11.7 Å². The third kappa shape index (κ3) is 3.10. The highest BCUT2D eigenvalue weighted by Crippen LogP contribution is 2.08. The van der Waals surface area contributed by atoms with E-state index in [0.717, 1.165) is 11.3 Å². The van der Waals surface area contributed by atoms with Crippen molar-refractivity contribution in [3.05, 3.63) is 29.8 Å². The van der Waals surface area contributed by atoms with E-state index >= 15 is 0 Å². The second kappa shape index (κ2) is 5.13. The van der Waals surface area contributed by atoms with Crippen molar-refractivity contribution in [3.8, 4) is 0 Å². The van der Waals surface area contributed by atoms with Crippen molar-refractivity contribution in [1.82, 2.24) is 5.43 Å². The molecule has 13 heavy (non-hydrogen) atoms. The van der Waals surface area contributed by atoms with Crippen LogP contribution in [0.2, 0.25) is 0 Å². The molecule has 0 heterocycles. The van der Waals surface area contributed by atoms with E-state index in [-0.39, 0.29) is 6.61 Å². The first-order valence-corrected chi connectivity index (χ1v) is 3.67. The Balaban J connectivity index is 2.53. The van der Waals surface area contributed by atoms with Crippen LogP contribution in [0, 0.1) is 0 Å². The van der Waals surface area contributed by atoms with E-state index in [2.05, 4.69) is 15.7 Å². The molecular weight excluding hydrogens is 172 g/mol. The smallest absolute Gasteiger partial charge is 0.225 e. The maximum absolute atomic E-state index is 9.92. The average molecular weight is 182 g/mol. The van der Waals surface area contributed by atoms with Gasteiger partial charge in [-0.15, -0.1) is 0 Å². The molecule has 0 unspecified atom stereocenters. The van der Waals surface area contributed by atoms with Crippen LogP contribution < -0.4 is 10.9 Å². The van der Waals surface area contributed by atoms with Crippen LogP contribution in [0.5, 0.6) is 0 Å². The molecule has 1 amide bonds. The van der Waals surface area contributed by atoms with Gasteiger partial charge in [0.05, 0.1) is 5.69 Å². The summed E-state index contributed by atoms with van der Waals surface area (Å²) < 4.78 is 0. The molecular formula is C8H10N2O3. The zero-order chi connectivity index (χ0) is 9.52. The first kappa shape index (κ1) is 9.50. The van der Waals surface area contributed by atoms with Gasteiger partial charge in [0.1, 0.15) is 6.61 Å². The van der Waals surface area contributed by atoms with Crippen LogP contribution in [0.25, 0.3) is 0 Å². The van der Waals surface area contributed by atoms with E-state index in [1.165, 1.54) is 0 Å². The third-order valence-corrected chi connectivity index (χ3v) is 1.46. The van der Waals surface area contributed by atoms with Crippen molar-refractivity contribution in [2.45, 2.75) is 6.61 Å². The summed E-state index contributed by atoms with van der Waals surface area (Å²) in [7, 11) is 0. The molecule has 0 spiro atoms. The van der Waals surface area contributed by atoms with Crippen molar-refractivity contribution >= 4 is 12.1 Å². The van der Waals surface area contributed by atoms with E-state index in [1.807, 2.05) is 0 Å². The first-order valence-electron chi connectivity index (χ1n) is 3.67. The van der Waals surface area contributed by atoms with Gasteiger partial charge in [-0.2, -0.15) is 0 Å². The highest BCUT2D eigenvalue weighted by molar-refractivity contribution is 5.53. The number of hydrogen-bond acceptors (Lipinski definition) is 4. The van der Waals surface area contributed by atoms with Gasteiger partial charge in [-0.25, -0.2) is 4.89 Å². The Kier molecular flexibility index (Phi) is 3.74. The van der Waals surface area contributed by atoms with Crippen molar-refractivity contribution in [2.24, 2.45) is 0 Å². The number of benzene rings is 1. The van der Waals surface area contributed by atoms with Crippen LogP contribution in [0.15, 0.2) is 24.3 Å². The molecule has 1 aromatic rings. The van der Waals surface area contributed by atoms with Crippen molar-refractivity contribution < 1.29 is 14.9 Å². The number of nitrogens with one attached hydrogen (secondary N) is 2. The molecule has 70 valence electrons. The van der Waals surface area contributed by atoms with Gasteiger partial charge in [0.2, 0.25) is 6.41 Å². The van der Waals surface area contributed by atoms with E-state index in [0.29, 0.717) is 6.41 Å². The molecule has 0 saturated heterocycles. The quantitative estimate of drug-likeness (QED) is 0.357. The minimum Gasteiger partial charge on any atom is -0.299 e. The van der Waals surface area contributed by atoms with Crippen LogP contribution in [0.3, 0.4) is 0 Å². The molecule has 0 fully saturated rings. The molecule has 1 rings (SSSR count). The van der Waals surface area contributed by atoms with Gasteiger partial charge >= 0.3 is 0 Å². The van der Waals surface area contributed by atoms with Gasteiger partial charge in [0.25, 0.3) is 0 Å². The third-order valence-electron chi connectivity index (χ3n) is 1.46. The lowest BCUT2D eigenvalue weighted by atomic mass is 10.2. The second-order valence-corrected chi connectivity index (χ2v) is 2.36. The van der Waals surface area contributed by atoms with Gasteiger partial charge in [-0.3, -0.25) is 20.9 Å². The topological polar surface area (TPSA) is 70.6 Å². The summed E-state index contributed by atoms with van der Waals surface area (Å²) in [5.74, 6) is 0. The Labute approximate surface area is 75.2 Å². The van der Waals surface area contributed by atoms with E-state index in [4.69, 9.17) is 5.26 Å². The maximum atomic E-state index is 9.92. The molecule has 0 bridgehead atoms. The number of rotatable bonds is 5. The van der Waals surface area contributed by atoms with Gasteiger partial charge in [-0.1, -0.05) is 12.1 Å². The Morgan fingerprint density at radius 3 is 2.62 bits per heavy atom. The van der Waals surface area contributed by atoms with Crippen LogP contribution in [0.1, 0.15) is 5.56 Å². The monoisotopic (exact) mass is 182 g/mol. The molecule has 0 saturated carbocycles. The number of carbonyl (C=O) groups excluding carboxylic acids is 1. The lowest BCUT2D eigenvalue weighted by molar-refractivity contribution is -0.253. The Morgan fingerprint density at radius 2 is 2.08 bits per heavy atom. The summed E-state index contributed by atoms with van der Waals surface area (Å²) >= 11 is 0. The van der Waals surface area contributed by atoms with E-state index < -0.39 is 0 Å². The fourth-order valence-corrected chi connectivity index (χ4v) is 0.872. The van der Waals surface area contributed by atoms with Crippen molar-refractivity contribution in [3.63, 3.8) is 0 Å². The Morgan fingerprint density at radius 1 is 1.38 bits per heavy atom. The fourth-order valence-electron chi connectivity index (χ4n) is 0.872. The number of anilines is 1. The number of amides is 1.